The van der Waals surface area contributed by atoms with Gasteiger partial charge in [0, 0.05) is 12.6 Å². The van der Waals surface area contributed by atoms with Gasteiger partial charge in [0.05, 0.1) is 5.69 Å². The molecule has 0 aliphatic carbocycles. The predicted molar refractivity (Wildman–Crippen MR) is 88.7 cm³/mol. The number of nitrogens with zero attached hydrogens (tertiary/aromatic N) is 2. The third-order valence-corrected chi connectivity index (χ3v) is 3.89. The molecule has 1 saturated heterocycles. The van der Waals surface area contributed by atoms with Crippen LogP contribution in [0.25, 0.3) is 0 Å². The number of thiocarbonyl (C=S) groups is 1. The average Bonchev–Trinajstić information content (AvgIpc) is 2.53. The Labute approximate surface area is 133 Å². The predicted octanol–water partition coefficient (Wildman–Crippen LogP) is 2.84. The minimum atomic E-state index is -0.499. The number of para-hydroxylation sites is 2. The number of hydrogen-bond donors (Lipinski definition) is 2. The van der Waals surface area contributed by atoms with Crippen molar-refractivity contribution < 1.29 is 9.90 Å². The number of rotatable bonds is 2. The Morgan fingerprint density at radius 1 is 1.09 bits per heavy atom. The maximum absolute atomic E-state index is 12.7. The zero-order valence-corrected chi connectivity index (χ0v) is 12.7. The van der Waals surface area contributed by atoms with Crippen molar-refractivity contribution in [2.45, 2.75) is 6.17 Å². The van der Waals surface area contributed by atoms with Crippen LogP contribution in [0, 0.1) is 0 Å². The molecule has 1 atom stereocenters. The number of carbonyl (C=O) groups excluding carboxylic acids is 1. The van der Waals surface area contributed by atoms with E-state index in [2.05, 4.69) is 5.32 Å². The highest BCUT2D eigenvalue weighted by Crippen LogP contribution is 2.30. The Kier molecular flexibility index (Phi) is 3.68. The molecule has 0 spiro atoms. The first-order valence-electron chi connectivity index (χ1n) is 6.80. The third-order valence-electron chi connectivity index (χ3n) is 3.59. The molecule has 2 N–H and O–H groups in total. The lowest BCUT2D eigenvalue weighted by Gasteiger charge is -2.40. The van der Waals surface area contributed by atoms with E-state index in [0.29, 0.717) is 16.4 Å². The highest BCUT2D eigenvalue weighted by atomic mass is 32.1. The number of aromatic hydroxyl groups is 1. The molecular formula is C16H15N3O2S. The second-order valence-electron chi connectivity index (χ2n) is 4.98. The monoisotopic (exact) mass is 313 g/mol. The number of urea groups is 1. The smallest absolute Gasteiger partial charge is 0.332 e. The van der Waals surface area contributed by atoms with Gasteiger partial charge >= 0.3 is 6.03 Å². The fourth-order valence-corrected chi connectivity index (χ4v) is 2.74. The summed E-state index contributed by atoms with van der Waals surface area (Å²) in [5.74, 6) is 0.121. The van der Waals surface area contributed by atoms with Crippen LogP contribution in [-0.2, 0) is 0 Å². The first kappa shape index (κ1) is 14.3. The molecule has 112 valence electrons. The van der Waals surface area contributed by atoms with Gasteiger partial charge < -0.3 is 15.3 Å². The molecule has 22 heavy (non-hydrogen) atoms. The normalized spacial score (nSPS) is 18.3. The summed E-state index contributed by atoms with van der Waals surface area (Å²) in [7, 11) is 1.67. The van der Waals surface area contributed by atoms with Gasteiger partial charge in [-0.05, 0) is 30.4 Å². The van der Waals surface area contributed by atoms with Crippen molar-refractivity contribution in [1.82, 2.24) is 10.2 Å². The zero-order valence-electron chi connectivity index (χ0n) is 11.9. The Hall–Kier alpha value is -2.60. The van der Waals surface area contributed by atoms with Gasteiger partial charge in [-0.25, -0.2) is 9.69 Å². The Morgan fingerprint density at radius 2 is 1.73 bits per heavy atom. The molecule has 0 unspecified atom stereocenters. The number of hydrogen-bond acceptors (Lipinski definition) is 3. The Morgan fingerprint density at radius 3 is 2.41 bits per heavy atom. The summed E-state index contributed by atoms with van der Waals surface area (Å²) >= 11 is 5.35. The topological polar surface area (TPSA) is 55.8 Å². The van der Waals surface area contributed by atoms with Crippen molar-refractivity contribution in [3.05, 3.63) is 60.2 Å². The highest BCUT2D eigenvalue weighted by molar-refractivity contribution is 7.80. The number of phenols is 1. The van der Waals surface area contributed by atoms with Crippen LogP contribution in [-0.4, -0.2) is 28.2 Å². The summed E-state index contributed by atoms with van der Waals surface area (Å²) in [6.07, 6.45) is -0.499. The lowest BCUT2D eigenvalue weighted by atomic mass is 10.1. The molecule has 2 amide bonds. The van der Waals surface area contributed by atoms with Crippen molar-refractivity contribution in [1.29, 1.82) is 0 Å². The van der Waals surface area contributed by atoms with Gasteiger partial charge in [-0.2, -0.15) is 0 Å². The summed E-state index contributed by atoms with van der Waals surface area (Å²) in [4.78, 5) is 15.6. The maximum Gasteiger partial charge on any atom is 0.332 e. The Bertz CT molecular complexity index is 720. The van der Waals surface area contributed by atoms with Crippen molar-refractivity contribution in [2.24, 2.45) is 0 Å². The van der Waals surface area contributed by atoms with Crippen LogP contribution in [0.3, 0.4) is 0 Å². The first-order valence-corrected chi connectivity index (χ1v) is 7.21. The number of amides is 2. The van der Waals surface area contributed by atoms with Crippen LogP contribution in [0.4, 0.5) is 10.5 Å². The van der Waals surface area contributed by atoms with Crippen molar-refractivity contribution in [2.75, 3.05) is 11.9 Å². The number of phenolic OH excluding ortho intramolecular Hbond substituents is 1. The molecule has 6 heteroatoms. The van der Waals surface area contributed by atoms with E-state index in [0.717, 1.165) is 0 Å². The molecule has 0 saturated carbocycles. The molecule has 3 rings (SSSR count). The fraction of sp³-hybridized carbons (Fsp3) is 0.125. The quantitative estimate of drug-likeness (QED) is 0.837. The molecule has 1 fully saturated rings. The second-order valence-corrected chi connectivity index (χ2v) is 5.36. The van der Waals surface area contributed by atoms with Gasteiger partial charge in [-0.15, -0.1) is 0 Å². The van der Waals surface area contributed by atoms with Crippen LogP contribution in [0.1, 0.15) is 11.7 Å². The van der Waals surface area contributed by atoms with E-state index in [-0.39, 0.29) is 11.8 Å². The molecule has 1 heterocycles. The second kappa shape index (κ2) is 5.65. The summed E-state index contributed by atoms with van der Waals surface area (Å²) in [6.45, 7) is 0. The lowest BCUT2D eigenvalue weighted by Crippen LogP contribution is -2.59. The molecule has 0 radical (unpaired) electrons. The molecule has 2 aromatic carbocycles. The lowest BCUT2D eigenvalue weighted by molar-refractivity contribution is 0.188. The molecule has 0 bridgehead atoms. The van der Waals surface area contributed by atoms with E-state index in [1.165, 1.54) is 9.80 Å². The van der Waals surface area contributed by atoms with Gasteiger partial charge in [0.25, 0.3) is 0 Å². The van der Waals surface area contributed by atoms with E-state index >= 15 is 0 Å². The first-order chi connectivity index (χ1) is 10.6. The minimum Gasteiger partial charge on any atom is -0.508 e. The van der Waals surface area contributed by atoms with Crippen LogP contribution >= 0.6 is 12.2 Å². The largest absolute Gasteiger partial charge is 0.508 e. The number of nitrogens with one attached hydrogen (secondary N) is 1. The summed E-state index contributed by atoms with van der Waals surface area (Å²) in [5, 5.41) is 13.4. The summed E-state index contributed by atoms with van der Waals surface area (Å²) < 4.78 is 0. The molecule has 1 aliphatic rings. The summed E-state index contributed by atoms with van der Waals surface area (Å²) in [6, 6.07) is 15.9. The standard InChI is InChI=1S/C16H15N3O2S/c1-18-14(12-9-5-6-10-13(12)20)17-15(22)19(16(18)21)11-7-3-2-4-8-11/h2-10,14,20H,1H3,(H,17,22)/t14-/m1/s1. The van der Waals surface area contributed by atoms with Crippen molar-refractivity contribution >= 4 is 29.0 Å². The van der Waals surface area contributed by atoms with Gasteiger partial charge in [-0.1, -0.05) is 36.4 Å². The molecule has 1 aliphatic heterocycles. The van der Waals surface area contributed by atoms with Crippen LogP contribution in [0.15, 0.2) is 54.6 Å². The summed E-state index contributed by atoms with van der Waals surface area (Å²) in [5.41, 5.74) is 1.31. The fourth-order valence-electron chi connectivity index (χ4n) is 2.44. The third kappa shape index (κ3) is 2.37. The molecule has 2 aromatic rings. The highest BCUT2D eigenvalue weighted by Gasteiger charge is 2.36. The van der Waals surface area contributed by atoms with E-state index in [1.807, 2.05) is 36.4 Å². The van der Waals surface area contributed by atoms with Crippen molar-refractivity contribution in [3.63, 3.8) is 0 Å². The Balaban J connectivity index is 1.95. The SMILES string of the molecule is CN1C(=O)N(c2ccccc2)C(=S)N[C@H]1c1ccccc1O. The average molecular weight is 313 g/mol. The molecule has 0 aromatic heterocycles. The van der Waals surface area contributed by atoms with E-state index in [9.17, 15) is 9.90 Å². The van der Waals surface area contributed by atoms with E-state index < -0.39 is 6.17 Å². The maximum atomic E-state index is 12.7. The van der Waals surface area contributed by atoms with E-state index in [4.69, 9.17) is 12.2 Å². The number of carbonyl (C=O) groups is 1. The number of anilines is 1. The van der Waals surface area contributed by atoms with Gasteiger partial charge in [0.15, 0.2) is 5.11 Å². The van der Waals surface area contributed by atoms with Crippen LogP contribution in [0.5, 0.6) is 5.75 Å². The minimum absolute atomic E-state index is 0.121. The molecule has 5 nitrogen and oxygen atoms in total. The van der Waals surface area contributed by atoms with Crippen LogP contribution in [0.2, 0.25) is 0 Å². The van der Waals surface area contributed by atoms with Gasteiger partial charge in [-0.3, -0.25) is 0 Å². The van der Waals surface area contributed by atoms with Gasteiger partial charge in [0.2, 0.25) is 0 Å². The van der Waals surface area contributed by atoms with Gasteiger partial charge in [0.1, 0.15) is 11.9 Å². The molecular weight excluding hydrogens is 298 g/mol. The number of benzene rings is 2. The van der Waals surface area contributed by atoms with Crippen LogP contribution < -0.4 is 10.2 Å². The zero-order chi connectivity index (χ0) is 15.7. The van der Waals surface area contributed by atoms with E-state index in [1.54, 1.807) is 25.2 Å². The van der Waals surface area contributed by atoms with Crippen molar-refractivity contribution in [3.8, 4) is 5.75 Å².